The van der Waals surface area contributed by atoms with Crippen molar-refractivity contribution in [2.75, 3.05) is 0 Å². The molecule has 2 aromatic carbocycles. The maximum absolute atomic E-state index is 12.4. The van der Waals surface area contributed by atoms with Gasteiger partial charge < -0.3 is 10.0 Å². The molecule has 4 nitrogen and oxygen atoms in total. The molecule has 0 saturated heterocycles. The first-order valence-corrected chi connectivity index (χ1v) is 7.00. The van der Waals surface area contributed by atoms with E-state index < -0.39 is 5.97 Å². The van der Waals surface area contributed by atoms with Crippen LogP contribution in [0.2, 0.25) is 0 Å². The van der Waals surface area contributed by atoms with E-state index in [0.717, 1.165) is 22.8 Å². The number of rotatable bonds is 4. The maximum atomic E-state index is 12.4. The highest BCUT2D eigenvalue weighted by molar-refractivity contribution is 5.98. The van der Waals surface area contributed by atoms with Crippen LogP contribution >= 0.6 is 0 Å². The van der Waals surface area contributed by atoms with Crippen LogP contribution in [0, 0.1) is 0 Å². The second-order valence-corrected chi connectivity index (χ2v) is 5.23. The fourth-order valence-electron chi connectivity index (χ4n) is 2.60. The highest BCUT2D eigenvalue weighted by Gasteiger charge is 2.27. The number of carbonyl (C=O) groups is 2. The number of aliphatic carboxylic acids is 1. The quantitative estimate of drug-likeness (QED) is 0.882. The molecular formula is C18H15NO3. The fourth-order valence-corrected chi connectivity index (χ4v) is 2.60. The fraction of sp³-hybridized carbons (Fsp3) is 0.111. The highest BCUT2D eigenvalue weighted by Crippen LogP contribution is 2.25. The molecule has 0 aromatic heterocycles. The van der Waals surface area contributed by atoms with Crippen molar-refractivity contribution in [3.8, 4) is 0 Å². The average Bonchev–Trinajstić information content (AvgIpc) is 2.82. The monoisotopic (exact) mass is 293 g/mol. The molecule has 0 bridgehead atoms. The lowest BCUT2D eigenvalue weighted by Gasteiger charge is -2.15. The van der Waals surface area contributed by atoms with Gasteiger partial charge in [-0.1, -0.05) is 36.4 Å². The van der Waals surface area contributed by atoms with E-state index in [4.69, 9.17) is 5.11 Å². The van der Waals surface area contributed by atoms with E-state index in [9.17, 15) is 9.59 Å². The predicted molar refractivity (Wildman–Crippen MR) is 83.1 cm³/mol. The van der Waals surface area contributed by atoms with Crippen molar-refractivity contribution in [3.63, 3.8) is 0 Å². The largest absolute Gasteiger partial charge is 0.478 e. The standard InChI is InChI=1S/C18H15NO3/c20-17(21)9-7-13-6-8-16-15(10-13)12-19(18(16)22)11-14-4-2-1-3-5-14/h1-10H,11-12H2,(H,20,21). The molecule has 0 atom stereocenters. The first-order valence-electron chi connectivity index (χ1n) is 7.00. The van der Waals surface area contributed by atoms with Crippen LogP contribution in [-0.2, 0) is 17.9 Å². The Balaban J connectivity index is 1.80. The van der Waals surface area contributed by atoms with E-state index in [2.05, 4.69) is 0 Å². The van der Waals surface area contributed by atoms with Gasteiger partial charge in [-0.05, 0) is 34.9 Å². The topological polar surface area (TPSA) is 57.6 Å². The smallest absolute Gasteiger partial charge is 0.328 e. The molecule has 0 unspecified atom stereocenters. The molecule has 22 heavy (non-hydrogen) atoms. The minimum atomic E-state index is -0.984. The number of carboxylic acid groups (broad SMARTS) is 1. The molecule has 1 heterocycles. The lowest BCUT2D eigenvalue weighted by molar-refractivity contribution is -0.131. The molecule has 0 fully saturated rings. The molecule has 1 aliphatic heterocycles. The number of hydrogen-bond acceptors (Lipinski definition) is 2. The van der Waals surface area contributed by atoms with Gasteiger partial charge in [0.1, 0.15) is 0 Å². The number of amides is 1. The lowest BCUT2D eigenvalue weighted by Crippen LogP contribution is -2.23. The minimum Gasteiger partial charge on any atom is -0.478 e. The molecule has 0 radical (unpaired) electrons. The van der Waals surface area contributed by atoms with Crippen molar-refractivity contribution in [3.05, 3.63) is 76.9 Å². The minimum absolute atomic E-state index is 0.0209. The molecule has 1 amide bonds. The number of fused-ring (bicyclic) bond motifs is 1. The van der Waals surface area contributed by atoms with Gasteiger partial charge >= 0.3 is 5.97 Å². The highest BCUT2D eigenvalue weighted by atomic mass is 16.4. The Hall–Kier alpha value is -2.88. The Morgan fingerprint density at radius 1 is 1.18 bits per heavy atom. The third kappa shape index (κ3) is 2.91. The second kappa shape index (κ2) is 5.85. The maximum Gasteiger partial charge on any atom is 0.328 e. The van der Waals surface area contributed by atoms with E-state index in [-0.39, 0.29) is 5.91 Å². The average molecular weight is 293 g/mol. The van der Waals surface area contributed by atoms with Crippen LogP contribution in [0.3, 0.4) is 0 Å². The Morgan fingerprint density at radius 3 is 2.68 bits per heavy atom. The number of hydrogen-bond donors (Lipinski definition) is 1. The van der Waals surface area contributed by atoms with E-state index in [0.29, 0.717) is 18.7 Å². The first-order chi connectivity index (χ1) is 10.6. The number of carbonyl (C=O) groups excluding carboxylic acids is 1. The summed E-state index contributed by atoms with van der Waals surface area (Å²) in [5.74, 6) is -0.963. The van der Waals surface area contributed by atoms with E-state index in [1.165, 1.54) is 6.08 Å². The van der Waals surface area contributed by atoms with Gasteiger partial charge in [0.05, 0.1) is 0 Å². The van der Waals surface area contributed by atoms with Gasteiger partial charge in [-0.15, -0.1) is 0 Å². The van der Waals surface area contributed by atoms with Crippen molar-refractivity contribution in [2.24, 2.45) is 0 Å². The molecule has 1 N–H and O–H groups in total. The van der Waals surface area contributed by atoms with Gasteiger partial charge in [-0.3, -0.25) is 4.79 Å². The molecule has 1 aliphatic rings. The van der Waals surface area contributed by atoms with E-state index >= 15 is 0 Å². The molecule has 0 saturated carbocycles. The van der Waals surface area contributed by atoms with Crippen LogP contribution in [0.5, 0.6) is 0 Å². The van der Waals surface area contributed by atoms with Crippen LogP contribution in [0.15, 0.2) is 54.6 Å². The Bertz CT molecular complexity index is 750. The van der Waals surface area contributed by atoms with Crippen molar-refractivity contribution in [1.82, 2.24) is 4.90 Å². The van der Waals surface area contributed by atoms with Crippen LogP contribution < -0.4 is 0 Å². The molecule has 0 spiro atoms. The van der Waals surface area contributed by atoms with Crippen LogP contribution in [-0.4, -0.2) is 21.9 Å². The lowest BCUT2D eigenvalue weighted by atomic mass is 10.1. The van der Waals surface area contributed by atoms with Crippen molar-refractivity contribution >= 4 is 18.0 Å². The Morgan fingerprint density at radius 2 is 1.95 bits per heavy atom. The van der Waals surface area contributed by atoms with Gasteiger partial charge in [-0.25, -0.2) is 4.79 Å². The summed E-state index contributed by atoms with van der Waals surface area (Å²) >= 11 is 0. The summed E-state index contributed by atoms with van der Waals surface area (Å²) in [6, 6.07) is 15.3. The molecule has 2 aromatic rings. The summed E-state index contributed by atoms with van der Waals surface area (Å²) in [4.78, 5) is 24.8. The summed E-state index contributed by atoms with van der Waals surface area (Å²) in [7, 11) is 0. The first kappa shape index (κ1) is 14.1. The zero-order valence-electron chi connectivity index (χ0n) is 11.9. The second-order valence-electron chi connectivity index (χ2n) is 5.23. The molecule has 3 rings (SSSR count). The number of benzene rings is 2. The third-order valence-electron chi connectivity index (χ3n) is 3.64. The van der Waals surface area contributed by atoms with Gasteiger partial charge in [0.25, 0.3) is 5.91 Å². The Labute approximate surface area is 128 Å². The van der Waals surface area contributed by atoms with Gasteiger partial charge in [-0.2, -0.15) is 0 Å². The van der Waals surface area contributed by atoms with Crippen molar-refractivity contribution in [2.45, 2.75) is 13.1 Å². The summed E-state index contributed by atoms with van der Waals surface area (Å²) in [5, 5.41) is 8.67. The molecule has 4 heteroatoms. The van der Waals surface area contributed by atoms with Crippen LogP contribution in [0.1, 0.15) is 27.0 Å². The van der Waals surface area contributed by atoms with Gasteiger partial charge in [0.15, 0.2) is 0 Å². The normalized spacial score (nSPS) is 13.6. The summed E-state index contributed by atoms with van der Waals surface area (Å²) in [5.41, 5.74) is 3.52. The summed E-state index contributed by atoms with van der Waals surface area (Å²) < 4.78 is 0. The van der Waals surface area contributed by atoms with Gasteiger partial charge in [0.2, 0.25) is 0 Å². The zero-order chi connectivity index (χ0) is 15.5. The molecule has 0 aliphatic carbocycles. The summed E-state index contributed by atoms with van der Waals surface area (Å²) in [6.45, 7) is 1.13. The third-order valence-corrected chi connectivity index (χ3v) is 3.64. The van der Waals surface area contributed by atoms with Crippen LogP contribution in [0.25, 0.3) is 6.08 Å². The zero-order valence-corrected chi connectivity index (χ0v) is 11.9. The Kier molecular flexibility index (Phi) is 3.74. The van der Waals surface area contributed by atoms with Crippen molar-refractivity contribution < 1.29 is 14.7 Å². The van der Waals surface area contributed by atoms with Crippen molar-refractivity contribution in [1.29, 1.82) is 0 Å². The molecule has 110 valence electrons. The number of nitrogens with zero attached hydrogens (tertiary/aromatic N) is 1. The SMILES string of the molecule is O=C(O)C=Cc1ccc2c(c1)CN(Cc1ccccc1)C2=O. The van der Waals surface area contributed by atoms with Gasteiger partial charge in [0, 0.05) is 24.7 Å². The van der Waals surface area contributed by atoms with E-state index in [1.807, 2.05) is 36.4 Å². The van der Waals surface area contributed by atoms with Crippen LogP contribution in [0.4, 0.5) is 0 Å². The van der Waals surface area contributed by atoms with E-state index in [1.54, 1.807) is 17.0 Å². The number of carboxylic acids is 1. The molecular weight excluding hydrogens is 278 g/mol. The predicted octanol–water partition coefficient (Wildman–Crippen LogP) is 2.94. The summed E-state index contributed by atoms with van der Waals surface area (Å²) in [6.07, 6.45) is 2.63.